The maximum absolute atomic E-state index is 10.4. The molecule has 0 fully saturated rings. The van der Waals surface area contributed by atoms with Gasteiger partial charge in [-0.3, -0.25) is 4.79 Å². The zero-order chi connectivity index (χ0) is 10.4. The molecule has 0 aromatic heterocycles. The summed E-state index contributed by atoms with van der Waals surface area (Å²) in [5.74, 6) is 0.0951. The van der Waals surface area contributed by atoms with Crippen LogP contribution in [0, 0.1) is 0 Å². The highest BCUT2D eigenvalue weighted by atomic mass is 16.3. The molecule has 1 aromatic carbocycles. The summed E-state index contributed by atoms with van der Waals surface area (Å²) in [5.41, 5.74) is 1.03. The Hall–Kier alpha value is -1.90. The number of aromatic hydroxyl groups is 1. The minimum atomic E-state index is 0.0951. The van der Waals surface area contributed by atoms with E-state index < -0.39 is 0 Å². The van der Waals surface area contributed by atoms with Gasteiger partial charge in [-0.25, -0.2) is 0 Å². The third-order valence-electron chi connectivity index (χ3n) is 1.72. The Bertz CT molecular complexity index is 367. The Kier molecular flexibility index (Phi) is 3.61. The van der Waals surface area contributed by atoms with Crippen molar-refractivity contribution in [3.63, 3.8) is 0 Å². The summed E-state index contributed by atoms with van der Waals surface area (Å²) in [7, 11) is 0. The zero-order valence-corrected chi connectivity index (χ0v) is 7.51. The molecule has 1 N–H and O–H groups in total. The van der Waals surface area contributed by atoms with Gasteiger partial charge < -0.3 is 9.90 Å². The monoisotopic (exact) mass is 190 g/mol. The van der Waals surface area contributed by atoms with Crippen molar-refractivity contribution in [2.75, 3.05) is 0 Å². The molecule has 3 nitrogen and oxygen atoms in total. The molecule has 3 heteroatoms. The molecule has 72 valence electrons. The Labute approximate surface area is 81.7 Å². The first-order valence-electron chi connectivity index (χ1n) is 4.16. The lowest BCUT2D eigenvalue weighted by atomic mass is 10.1. The maximum Gasteiger partial charge on any atom is 0.150 e. The third-order valence-corrected chi connectivity index (χ3v) is 1.72. The first-order chi connectivity index (χ1) is 6.77. The summed E-state index contributed by atoms with van der Waals surface area (Å²) in [6, 6.07) is 4.54. The predicted molar refractivity (Wildman–Crippen MR) is 53.2 cm³/mol. The second-order valence-electron chi connectivity index (χ2n) is 2.74. The van der Waals surface area contributed by atoms with Crippen LogP contribution in [0.2, 0.25) is 0 Å². The van der Waals surface area contributed by atoms with E-state index in [1.165, 1.54) is 12.1 Å². The SMILES string of the molecule is O=CCC=Cc1cc(C=O)ccc1O. The molecule has 1 rings (SSSR count). The van der Waals surface area contributed by atoms with Crippen molar-refractivity contribution in [1.29, 1.82) is 0 Å². The van der Waals surface area contributed by atoms with Gasteiger partial charge in [0, 0.05) is 17.5 Å². The largest absolute Gasteiger partial charge is 0.507 e. The van der Waals surface area contributed by atoms with Crippen LogP contribution < -0.4 is 0 Å². The van der Waals surface area contributed by atoms with Crippen LogP contribution in [0.4, 0.5) is 0 Å². The minimum absolute atomic E-state index is 0.0951. The molecule has 0 atom stereocenters. The lowest BCUT2D eigenvalue weighted by Gasteiger charge is -1.98. The highest BCUT2D eigenvalue weighted by molar-refractivity contribution is 5.77. The summed E-state index contributed by atoms with van der Waals surface area (Å²) >= 11 is 0. The highest BCUT2D eigenvalue weighted by Gasteiger charge is 1.98. The van der Waals surface area contributed by atoms with Crippen molar-refractivity contribution in [2.45, 2.75) is 6.42 Å². The van der Waals surface area contributed by atoms with E-state index in [0.717, 1.165) is 6.29 Å². The number of aldehydes is 2. The van der Waals surface area contributed by atoms with Crippen LogP contribution in [0.15, 0.2) is 24.3 Å². The Morgan fingerprint density at radius 3 is 2.71 bits per heavy atom. The molecule has 0 unspecified atom stereocenters. The van der Waals surface area contributed by atoms with Gasteiger partial charge in [0.15, 0.2) is 0 Å². The number of hydrogen-bond donors (Lipinski definition) is 1. The van der Waals surface area contributed by atoms with Crippen LogP contribution in [0.1, 0.15) is 22.3 Å². The lowest BCUT2D eigenvalue weighted by Crippen LogP contribution is -1.82. The summed E-state index contributed by atoms with van der Waals surface area (Å²) in [4.78, 5) is 20.5. The van der Waals surface area contributed by atoms with E-state index in [2.05, 4.69) is 0 Å². The fourth-order valence-corrected chi connectivity index (χ4v) is 1.03. The van der Waals surface area contributed by atoms with Gasteiger partial charge in [0.2, 0.25) is 0 Å². The number of carbonyl (C=O) groups is 2. The van der Waals surface area contributed by atoms with Gasteiger partial charge in [-0.15, -0.1) is 0 Å². The molecule has 0 aliphatic carbocycles. The Morgan fingerprint density at radius 2 is 2.07 bits per heavy atom. The number of allylic oxidation sites excluding steroid dienone is 1. The molecule has 0 aliphatic rings. The van der Waals surface area contributed by atoms with Crippen molar-refractivity contribution >= 4 is 18.6 Å². The van der Waals surface area contributed by atoms with Crippen molar-refractivity contribution in [3.8, 4) is 5.75 Å². The number of rotatable bonds is 4. The fourth-order valence-electron chi connectivity index (χ4n) is 1.03. The third kappa shape index (κ3) is 2.55. The number of carbonyl (C=O) groups excluding carboxylic acids is 2. The highest BCUT2D eigenvalue weighted by Crippen LogP contribution is 2.19. The summed E-state index contributed by atoms with van der Waals surface area (Å²) in [6.45, 7) is 0. The molecule has 0 radical (unpaired) electrons. The molecular weight excluding hydrogens is 180 g/mol. The summed E-state index contributed by atoms with van der Waals surface area (Å²) in [5, 5.41) is 9.37. The zero-order valence-electron chi connectivity index (χ0n) is 7.51. The number of phenolic OH excluding ortho intramolecular Hbond substituents is 1. The molecule has 0 heterocycles. The lowest BCUT2D eigenvalue weighted by molar-refractivity contribution is -0.107. The normalized spacial score (nSPS) is 10.3. The molecule has 0 saturated heterocycles. The first-order valence-corrected chi connectivity index (χ1v) is 4.16. The van der Waals surface area contributed by atoms with Crippen LogP contribution >= 0.6 is 0 Å². The van der Waals surface area contributed by atoms with Crippen molar-refractivity contribution in [2.24, 2.45) is 0 Å². The summed E-state index contributed by atoms with van der Waals surface area (Å²) < 4.78 is 0. The molecular formula is C11H10O3. The van der Waals surface area contributed by atoms with Crippen LogP contribution in [0.3, 0.4) is 0 Å². The van der Waals surface area contributed by atoms with E-state index in [1.807, 2.05) is 0 Å². The standard InChI is InChI=1S/C11H10O3/c12-6-2-1-3-10-7-9(8-13)4-5-11(10)14/h1,3-8,14H,2H2. The summed E-state index contributed by atoms with van der Waals surface area (Å²) in [6.07, 6.45) is 4.99. The topological polar surface area (TPSA) is 54.4 Å². The van der Waals surface area contributed by atoms with E-state index in [-0.39, 0.29) is 5.75 Å². The van der Waals surface area contributed by atoms with Crippen molar-refractivity contribution < 1.29 is 14.7 Å². The second kappa shape index (κ2) is 4.97. The number of phenols is 1. The van der Waals surface area contributed by atoms with Crippen LogP contribution in [0.5, 0.6) is 5.75 Å². The molecule has 0 spiro atoms. The minimum Gasteiger partial charge on any atom is -0.507 e. The molecule has 0 amide bonds. The molecule has 0 saturated carbocycles. The Balaban J connectivity index is 2.94. The van der Waals surface area contributed by atoms with Crippen molar-refractivity contribution in [3.05, 3.63) is 35.4 Å². The average Bonchev–Trinajstić information content (AvgIpc) is 2.21. The van der Waals surface area contributed by atoms with Gasteiger partial charge in [0.05, 0.1) is 0 Å². The van der Waals surface area contributed by atoms with E-state index in [1.54, 1.807) is 18.2 Å². The van der Waals surface area contributed by atoms with E-state index in [4.69, 9.17) is 0 Å². The van der Waals surface area contributed by atoms with Gasteiger partial charge in [-0.1, -0.05) is 12.2 Å². The van der Waals surface area contributed by atoms with E-state index >= 15 is 0 Å². The fraction of sp³-hybridized carbons (Fsp3) is 0.0909. The van der Waals surface area contributed by atoms with Gasteiger partial charge in [-0.2, -0.15) is 0 Å². The van der Waals surface area contributed by atoms with Gasteiger partial charge in [0.1, 0.15) is 18.3 Å². The van der Waals surface area contributed by atoms with Gasteiger partial charge >= 0.3 is 0 Å². The molecule has 0 bridgehead atoms. The van der Waals surface area contributed by atoms with Crippen LogP contribution in [-0.2, 0) is 4.79 Å². The van der Waals surface area contributed by atoms with Gasteiger partial charge in [-0.05, 0) is 18.2 Å². The quantitative estimate of drug-likeness (QED) is 0.736. The van der Waals surface area contributed by atoms with E-state index in [0.29, 0.717) is 23.8 Å². The van der Waals surface area contributed by atoms with Crippen LogP contribution in [-0.4, -0.2) is 17.7 Å². The van der Waals surface area contributed by atoms with Gasteiger partial charge in [0.25, 0.3) is 0 Å². The molecule has 1 aromatic rings. The number of benzene rings is 1. The second-order valence-corrected chi connectivity index (χ2v) is 2.74. The van der Waals surface area contributed by atoms with Crippen molar-refractivity contribution in [1.82, 2.24) is 0 Å². The number of hydrogen-bond acceptors (Lipinski definition) is 3. The first kappa shape index (κ1) is 10.2. The van der Waals surface area contributed by atoms with E-state index in [9.17, 15) is 14.7 Å². The molecule has 0 aliphatic heterocycles. The smallest absolute Gasteiger partial charge is 0.150 e. The maximum atomic E-state index is 10.4. The molecule has 14 heavy (non-hydrogen) atoms. The Morgan fingerprint density at radius 1 is 1.29 bits per heavy atom. The predicted octanol–water partition coefficient (Wildman–Crippen LogP) is 1.81. The van der Waals surface area contributed by atoms with Crippen LogP contribution in [0.25, 0.3) is 6.08 Å². The average molecular weight is 190 g/mol.